The topological polar surface area (TPSA) is 118 Å². The fourth-order valence-corrected chi connectivity index (χ4v) is 4.41. The van der Waals surface area contributed by atoms with Gasteiger partial charge in [-0.25, -0.2) is 13.1 Å². The Balaban J connectivity index is 2.39. The molecule has 2 N–H and O–H groups in total. The first kappa shape index (κ1) is 21.8. The summed E-state index contributed by atoms with van der Waals surface area (Å²) < 4.78 is 27.6. The van der Waals surface area contributed by atoms with E-state index >= 15 is 0 Å². The van der Waals surface area contributed by atoms with E-state index in [2.05, 4.69) is 10.0 Å². The van der Waals surface area contributed by atoms with E-state index < -0.39 is 26.4 Å². The summed E-state index contributed by atoms with van der Waals surface area (Å²) in [5.41, 5.74) is -0.278. The molecule has 0 radical (unpaired) electrons. The number of rotatable bonds is 5. The Morgan fingerprint density at radius 2 is 1.82 bits per heavy atom. The molecule has 2 aromatic rings. The zero-order valence-corrected chi connectivity index (χ0v) is 17.3. The maximum absolute atomic E-state index is 12.6. The van der Waals surface area contributed by atoms with Gasteiger partial charge in [0.05, 0.1) is 21.2 Å². The van der Waals surface area contributed by atoms with Crippen LogP contribution in [0.15, 0.2) is 41.3 Å². The fraction of sp³-hybridized carbons (Fsp3) is 0.278. The Hall–Kier alpha value is -2.49. The minimum Gasteiger partial charge on any atom is -0.321 e. The van der Waals surface area contributed by atoms with Crippen LogP contribution in [0.3, 0.4) is 0 Å². The summed E-state index contributed by atoms with van der Waals surface area (Å²) >= 11 is 6.03. The van der Waals surface area contributed by atoms with E-state index in [1.165, 1.54) is 43.3 Å². The van der Waals surface area contributed by atoms with Crippen molar-refractivity contribution in [3.63, 3.8) is 0 Å². The van der Waals surface area contributed by atoms with Crippen LogP contribution in [-0.4, -0.2) is 24.8 Å². The second kappa shape index (κ2) is 7.86. The summed E-state index contributed by atoms with van der Waals surface area (Å²) in [5.74, 6) is -0.618. The summed E-state index contributed by atoms with van der Waals surface area (Å²) in [5, 5.41) is 13.6. The average molecular weight is 426 g/mol. The molecule has 0 heterocycles. The van der Waals surface area contributed by atoms with Gasteiger partial charge in [0, 0.05) is 17.2 Å². The number of amides is 1. The lowest BCUT2D eigenvalue weighted by molar-refractivity contribution is -0.385. The molecule has 150 valence electrons. The van der Waals surface area contributed by atoms with Gasteiger partial charge in [-0.05, 0) is 52.0 Å². The predicted molar refractivity (Wildman–Crippen MR) is 107 cm³/mol. The van der Waals surface area contributed by atoms with Gasteiger partial charge >= 0.3 is 0 Å². The molecule has 0 aliphatic rings. The maximum atomic E-state index is 12.6. The van der Waals surface area contributed by atoms with Crippen molar-refractivity contribution in [3.8, 4) is 0 Å². The van der Waals surface area contributed by atoms with E-state index in [1.54, 1.807) is 20.8 Å². The van der Waals surface area contributed by atoms with Crippen LogP contribution in [-0.2, 0) is 10.0 Å². The molecule has 0 aliphatic heterocycles. The van der Waals surface area contributed by atoms with Crippen molar-refractivity contribution in [2.75, 3.05) is 5.32 Å². The van der Waals surface area contributed by atoms with Crippen molar-refractivity contribution in [1.29, 1.82) is 0 Å². The number of sulfonamides is 1. The van der Waals surface area contributed by atoms with Crippen molar-refractivity contribution in [2.45, 2.75) is 38.1 Å². The zero-order chi connectivity index (χ0) is 21.3. The number of carbonyl (C=O) groups is 1. The monoisotopic (exact) mass is 425 g/mol. The summed E-state index contributed by atoms with van der Waals surface area (Å²) in [4.78, 5) is 22.9. The van der Waals surface area contributed by atoms with Gasteiger partial charge in [0.15, 0.2) is 0 Å². The molecule has 10 heteroatoms. The number of carbonyl (C=O) groups excluding carboxylic acids is 1. The number of nitrogens with one attached hydrogen (secondary N) is 2. The van der Waals surface area contributed by atoms with Crippen LogP contribution in [0, 0.1) is 17.0 Å². The van der Waals surface area contributed by atoms with Crippen LogP contribution in [0.2, 0.25) is 5.02 Å². The Labute approximate surface area is 168 Å². The van der Waals surface area contributed by atoms with E-state index in [0.29, 0.717) is 0 Å². The third-order valence-corrected chi connectivity index (χ3v) is 5.91. The van der Waals surface area contributed by atoms with Gasteiger partial charge in [-0.1, -0.05) is 17.7 Å². The van der Waals surface area contributed by atoms with Crippen LogP contribution < -0.4 is 10.0 Å². The van der Waals surface area contributed by atoms with Crippen molar-refractivity contribution in [1.82, 2.24) is 4.72 Å². The molecule has 1 amide bonds. The highest BCUT2D eigenvalue weighted by molar-refractivity contribution is 7.89. The first-order valence-corrected chi connectivity index (χ1v) is 10.1. The first-order chi connectivity index (χ1) is 12.8. The van der Waals surface area contributed by atoms with Crippen LogP contribution in [0.4, 0.5) is 11.4 Å². The molecular formula is C18H20ClN3O5S. The van der Waals surface area contributed by atoms with Crippen LogP contribution in [0.1, 0.15) is 36.7 Å². The molecule has 0 saturated carbocycles. The smallest absolute Gasteiger partial charge is 0.274 e. The predicted octanol–water partition coefficient (Wildman–Crippen LogP) is 3.89. The van der Waals surface area contributed by atoms with E-state index in [1.807, 2.05) is 0 Å². The van der Waals surface area contributed by atoms with Gasteiger partial charge < -0.3 is 5.32 Å². The standard InChI is InChI=1S/C18H20ClN3O5S/c1-11-14(6-5-7-15(11)22(24)25)20-17(23)12-8-9-13(19)16(10-12)28(26,27)21-18(2,3)4/h5-10,21H,1-4H3,(H,20,23). The minimum absolute atomic E-state index is 0.0279. The molecule has 0 unspecified atom stereocenters. The Morgan fingerprint density at radius 1 is 1.18 bits per heavy atom. The summed E-state index contributed by atoms with van der Waals surface area (Å²) in [6.07, 6.45) is 0. The largest absolute Gasteiger partial charge is 0.321 e. The molecule has 28 heavy (non-hydrogen) atoms. The van der Waals surface area contributed by atoms with Gasteiger partial charge in [0.2, 0.25) is 10.0 Å². The number of hydrogen-bond acceptors (Lipinski definition) is 5. The number of benzene rings is 2. The van der Waals surface area contributed by atoms with Gasteiger partial charge in [-0.2, -0.15) is 0 Å². The van der Waals surface area contributed by atoms with Gasteiger partial charge in [-0.15, -0.1) is 0 Å². The quantitative estimate of drug-likeness (QED) is 0.556. The number of nitro groups is 1. The number of hydrogen-bond donors (Lipinski definition) is 2. The third-order valence-electron chi connectivity index (χ3n) is 3.67. The number of halogens is 1. The van der Waals surface area contributed by atoms with E-state index in [4.69, 9.17) is 11.6 Å². The lowest BCUT2D eigenvalue weighted by Gasteiger charge is -2.21. The molecule has 2 aromatic carbocycles. The molecule has 8 nitrogen and oxygen atoms in total. The van der Waals surface area contributed by atoms with Crippen LogP contribution >= 0.6 is 11.6 Å². The highest BCUT2D eigenvalue weighted by atomic mass is 35.5. The van der Waals surface area contributed by atoms with E-state index in [0.717, 1.165) is 0 Å². The molecule has 2 rings (SSSR count). The molecule has 0 saturated heterocycles. The van der Waals surface area contributed by atoms with E-state index in [-0.39, 0.29) is 32.4 Å². The summed E-state index contributed by atoms with van der Waals surface area (Å²) in [6.45, 7) is 6.55. The number of nitrogens with zero attached hydrogens (tertiary/aromatic N) is 1. The third kappa shape index (κ3) is 5.06. The Morgan fingerprint density at radius 3 is 2.39 bits per heavy atom. The molecule has 0 aromatic heterocycles. The number of nitro benzene ring substituents is 1. The Kier molecular flexibility index (Phi) is 6.12. The lowest BCUT2D eigenvalue weighted by atomic mass is 10.1. The summed E-state index contributed by atoms with van der Waals surface area (Å²) in [7, 11) is -3.95. The van der Waals surface area contributed by atoms with Crippen LogP contribution in [0.5, 0.6) is 0 Å². The van der Waals surface area contributed by atoms with Crippen molar-refractivity contribution in [3.05, 3.63) is 62.7 Å². The molecular weight excluding hydrogens is 406 g/mol. The van der Waals surface area contributed by atoms with Gasteiger partial charge in [0.25, 0.3) is 11.6 Å². The molecule has 0 spiro atoms. The van der Waals surface area contributed by atoms with E-state index in [9.17, 15) is 23.3 Å². The van der Waals surface area contributed by atoms with Gasteiger partial charge in [-0.3, -0.25) is 14.9 Å². The maximum Gasteiger partial charge on any atom is 0.274 e. The normalized spacial score (nSPS) is 11.9. The SMILES string of the molecule is Cc1c(NC(=O)c2ccc(Cl)c(S(=O)(=O)NC(C)(C)C)c2)cccc1[N+](=O)[O-]. The molecule has 0 atom stereocenters. The second-order valence-corrected chi connectivity index (χ2v) is 9.22. The zero-order valence-electron chi connectivity index (χ0n) is 15.7. The summed E-state index contributed by atoms with van der Waals surface area (Å²) in [6, 6.07) is 8.16. The van der Waals surface area contributed by atoms with Crippen molar-refractivity contribution >= 4 is 38.9 Å². The highest BCUT2D eigenvalue weighted by Gasteiger charge is 2.25. The fourth-order valence-electron chi connectivity index (χ4n) is 2.46. The Bertz CT molecular complexity index is 1050. The van der Waals surface area contributed by atoms with Crippen molar-refractivity contribution < 1.29 is 18.1 Å². The minimum atomic E-state index is -3.95. The number of anilines is 1. The molecule has 0 aliphatic carbocycles. The highest BCUT2D eigenvalue weighted by Crippen LogP contribution is 2.27. The lowest BCUT2D eigenvalue weighted by Crippen LogP contribution is -2.40. The second-order valence-electron chi connectivity index (χ2n) is 7.16. The van der Waals surface area contributed by atoms with Crippen molar-refractivity contribution in [2.24, 2.45) is 0 Å². The average Bonchev–Trinajstić information content (AvgIpc) is 2.54. The molecule has 0 fully saturated rings. The molecule has 0 bridgehead atoms. The van der Waals surface area contributed by atoms with Gasteiger partial charge in [0.1, 0.15) is 4.90 Å². The first-order valence-electron chi connectivity index (χ1n) is 8.21. The van der Waals surface area contributed by atoms with Crippen LogP contribution in [0.25, 0.3) is 0 Å².